The summed E-state index contributed by atoms with van der Waals surface area (Å²) in [5.74, 6) is -1.26. The lowest BCUT2D eigenvalue weighted by Crippen LogP contribution is -2.47. The van der Waals surface area contributed by atoms with Gasteiger partial charge in [0, 0.05) is 39.0 Å². The lowest BCUT2D eigenvalue weighted by molar-refractivity contribution is -0.150. The number of carbonyl (C=O) groups excluding carboxylic acids is 1. The Bertz CT molecular complexity index is 1140. The average molecular weight is 446 g/mol. The fraction of sp³-hybridized carbons (Fsp3) is 0.360. The fourth-order valence-electron chi connectivity index (χ4n) is 4.01. The highest BCUT2D eigenvalue weighted by Crippen LogP contribution is 2.29. The van der Waals surface area contributed by atoms with Crippen molar-refractivity contribution in [2.75, 3.05) is 49.7 Å². The second-order valence-corrected chi connectivity index (χ2v) is 8.00. The number of nitrogens with zero attached hydrogens (tertiary/aromatic N) is 5. The number of fused-ring (bicyclic) bond motifs is 1. The van der Waals surface area contributed by atoms with E-state index in [1.807, 2.05) is 42.5 Å². The van der Waals surface area contributed by atoms with E-state index >= 15 is 0 Å². The number of aromatic nitrogens is 2. The Morgan fingerprint density at radius 3 is 2.24 bits per heavy atom. The first-order chi connectivity index (χ1) is 16.1. The zero-order valence-electron chi connectivity index (χ0n) is 18.8. The first-order valence-corrected chi connectivity index (χ1v) is 11.0. The van der Waals surface area contributed by atoms with Gasteiger partial charge in [0.2, 0.25) is 0 Å². The summed E-state index contributed by atoms with van der Waals surface area (Å²) in [7, 11) is 1.54. The normalized spacial score (nSPS) is 15.7. The van der Waals surface area contributed by atoms with Crippen LogP contribution in [0.15, 0.2) is 54.6 Å². The number of ether oxygens (including phenoxy) is 2. The summed E-state index contributed by atoms with van der Waals surface area (Å²) in [6.07, 6.45) is -0.468. The second-order valence-electron chi connectivity index (χ2n) is 8.00. The highest BCUT2D eigenvalue weighted by Gasteiger charge is 2.32. The molecular formula is C25H27N5O3. The van der Waals surface area contributed by atoms with Crippen molar-refractivity contribution in [2.45, 2.75) is 18.9 Å². The number of para-hydroxylation sites is 3. The summed E-state index contributed by atoms with van der Waals surface area (Å²) in [6, 6.07) is 19.8. The minimum Gasteiger partial charge on any atom is -0.459 e. The van der Waals surface area contributed by atoms with Crippen molar-refractivity contribution in [1.82, 2.24) is 9.97 Å². The molecule has 0 radical (unpaired) electrons. The van der Waals surface area contributed by atoms with Gasteiger partial charge in [0.05, 0.1) is 23.7 Å². The van der Waals surface area contributed by atoms with Crippen molar-refractivity contribution < 1.29 is 14.3 Å². The van der Waals surface area contributed by atoms with E-state index < -0.39 is 18.0 Å². The summed E-state index contributed by atoms with van der Waals surface area (Å²) < 4.78 is 10.5. The first-order valence-electron chi connectivity index (χ1n) is 11.0. The molecule has 2 atom stereocenters. The van der Waals surface area contributed by atoms with Crippen LogP contribution in [0.5, 0.6) is 0 Å². The zero-order valence-corrected chi connectivity index (χ0v) is 18.8. The van der Waals surface area contributed by atoms with Crippen LogP contribution in [-0.4, -0.2) is 61.9 Å². The number of esters is 1. The van der Waals surface area contributed by atoms with Crippen molar-refractivity contribution in [3.63, 3.8) is 0 Å². The van der Waals surface area contributed by atoms with Gasteiger partial charge >= 0.3 is 5.97 Å². The van der Waals surface area contributed by atoms with Crippen LogP contribution in [0, 0.1) is 11.3 Å². The lowest BCUT2D eigenvalue weighted by atomic mass is 10.1. The topological polar surface area (TPSA) is 91.6 Å². The minimum atomic E-state index is -1.18. The maximum Gasteiger partial charge on any atom is 0.330 e. The number of anilines is 2. The zero-order chi connectivity index (χ0) is 23.2. The number of rotatable bonds is 7. The van der Waals surface area contributed by atoms with Crippen LogP contribution in [0.2, 0.25) is 0 Å². The maximum absolute atomic E-state index is 12.9. The van der Waals surface area contributed by atoms with E-state index in [0.717, 1.165) is 18.6 Å². The van der Waals surface area contributed by atoms with Gasteiger partial charge in [-0.3, -0.25) is 4.79 Å². The van der Waals surface area contributed by atoms with Gasteiger partial charge in [0.15, 0.2) is 11.7 Å². The molecule has 1 aliphatic heterocycles. The highest BCUT2D eigenvalue weighted by molar-refractivity contribution is 5.85. The van der Waals surface area contributed by atoms with Gasteiger partial charge in [-0.2, -0.15) is 5.26 Å². The minimum absolute atomic E-state index is 0.252. The standard InChI is InChI=1S/C25H27N5O3/c1-18(17-32-2)33-25(31)20(16-26)23-24(28-22-11-7-6-10-21(22)27-23)30-14-12-29(13-15-30)19-8-4-3-5-9-19/h3-11,18,20H,12-15,17H2,1-2H3/t18-,20-/m0/s1. The molecule has 0 bridgehead atoms. The summed E-state index contributed by atoms with van der Waals surface area (Å²) in [5.41, 5.74) is 2.86. The molecule has 1 saturated heterocycles. The monoisotopic (exact) mass is 445 g/mol. The van der Waals surface area contributed by atoms with Gasteiger partial charge in [-0.05, 0) is 31.2 Å². The molecule has 33 heavy (non-hydrogen) atoms. The molecule has 4 rings (SSSR count). The smallest absolute Gasteiger partial charge is 0.330 e. The average Bonchev–Trinajstić information content (AvgIpc) is 2.85. The first kappa shape index (κ1) is 22.5. The number of hydrogen-bond donors (Lipinski definition) is 0. The third-order valence-corrected chi connectivity index (χ3v) is 5.64. The lowest BCUT2D eigenvalue weighted by Gasteiger charge is -2.37. The maximum atomic E-state index is 12.9. The Morgan fingerprint density at radius 1 is 1.00 bits per heavy atom. The van der Waals surface area contributed by atoms with E-state index in [1.165, 1.54) is 12.8 Å². The van der Waals surface area contributed by atoms with E-state index in [4.69, 9.17) is 19.4 Å². The number of carbonyl (C=O) groups is 1. The van der Waals surface area contributed by atoms with E-state index in [9.17, 15) is 10.1 Å². The third-order valence-electron chi connectivity index (χ3n) is 5.64. The van der Waals surface area contributed by atoms with Crippen molar-refractivity contribution in [3.8, 4) is 6.07 Å². The molecule has 1 aromatic heterocycles. The largest absolute Gasteiger partial charge is 0.459 e. The Labute approximate surface area is 193 Å². The van der Waals surface area contributed by atoms with E-state index in [2.05, 4.69) is 28.0 Å². The summed E-state index contributed by atoms with van der Waals surface area (Å²) in [4.78, 5) is 26.8. The van der Waals surface area contributed by atoms with Crippen LogP contribution in [0.3, 0.4) is 0 Å². The molecule has 170 valence electrons. The summed E-state index contributed by atoms with van der Waals surface area (Å²) in [5, 5.41) is 9.90. The van der Waals surface area contributed by atoms with E-state index in [1.54, 1.807) is 6.92 Å². The van der Waals surface area contributed by atoms with Crippen molar-refractivity contribution in [1.29, 1.82) is 5.26 Å². The molecule has 2 heterocycles. The quantitative estimate of drug-likeness (QED) is 0.512. The van der Waals surface area contributed by atoms with Crippen LogP contribution in [0.1, 0.15) is 18.5 Å². The molecule has 0 N–H and O–H groups in total. The number of piperazine rings is 1. The molecule has 0 spiro atoms. The molecule has 3 aromatic rings. The molecule has 0 aliphatic carbocycles. The van der Waals surface area contributed by atoms with E-state index in [-0.39, 0.29) is 6.61 Å². The van der Waals surface area contributed by atoms with Crippen molar-refractivity contribution in [2.24, 2.45) is 0 Å². The number of benzene rings is 2. The van der Waals surface area contributed by atoms with Crippen molar-refractivity contribution >= 4 is 28.5 Å². The molecule has 1 aliphatic rings. The van der Waals surface area contributed by atoms with Crippen LogP contribution in [-0.2, 0) is 14.3 Å². The predicted molar refractivity (Wildman–Crippen MR) is 126 cm³/mol. The SMILES string of the molecule is COC[C@H](C)OC(=O)[C@@H](C#N)c1nc2ccccc2nc1N1CCN(c2ccccc2)CC1. The van der Waals surface area contributed by atoms with Crippen molar-refractivity contribution in [3.05, 3.63) is 60.3 Å². The molecule has 2 aromatic carbocycles. The van der Waals surface area contributed by atoms with Gasteiger partial charge in [-0.1, -0.05) is 30.3 Å². The van der Waals surface area contributed by atoms with Gasteiger partial charge in [0.1, 0.15) is 11.8 Å². The van der Waals surface area contributed by atoms with Gasteiger partial charge < -0.3 is 19.3 Å². The molecule has 0 amide bonds. The Kier molecular flexibility index (Phi) is 7.01. The van der Waals surface area contributed by atoms with Crippen LogP contribution in [0.25, 0.3) is 11.0 Å². The van der Waals surface area contributed by atoms with Crippen LogP contribution < -0.4 is 9.80 Å². The van der Waals surface area contributed by atoms with Gasteiger partial charge in [-0.25, -0.2) is 9.97 Å². The Balaban J connectivity index is 1.64. The Hall–Kier alpha value is -3.70. The molecule has 8 heteroatoms. The summed E-state index contributed by atoms with van der Waals surface area (Å²) >= 11 is 0. The van der Waals surface area contributed by atoms with Crippen LogP contribution >= 0.6 is 0 Å². The molecule has 0 saturated carbocycles. The predicted octanol–water partition coefficient (Wildman–Crippen LogP) is 3.14. The number of methoxy groups -OCH3 is 1. The fourth-order valence-corrected chi connectivity index (χ4v) is 4.01. The molecule has 0 unspecified atom stereocenters. The summed E-state index contributed by atoms with van der Waals surface area (Å²) in [6.45, 7) is 4.96. The van der Waals surface area contributed by atoms with Crippen LogP contribution in [0.4, 0.5) is 11.5 Å². The molecular weight excluding hydrogens is 418 g/mol. The number of nitriles is 1. The second kappa shape index (κ2) is 10.3. The number of hydrogen-bond acceptors (Lipinski definition) is 8. The third kappa shape index (κ3) is 5.04. The highest BCUT2D eigenvalue weighted by atomic mass is 16.6. The van der Waals surface area contributed by atoms with E-state index in [0.29, 0.717) is 30.1 Å². The van der Waals surface area contributed by atoms with Gasteiger partial charge in [0.25, 0.3) is 0 Å². The molecule has 1 fully saturated rings. The van der Waals surface area contributed by atoms with Gasteiger partial charge in [-0.15, -0.1) is 0 Å². The Morgan fingerprint density at radius 2 is 1.61 bits per heavy atom. The molecule has 8 nitrogen and oxygen atoms in total.